The predicted octanol–water partition coefficient (Wildman–Crippen LogP) is 2.65. The van der Waals surface area contributed by atoms with Gasteiger partial charge < -0.3 is 0 Å². The number of carbonyl (C=O) groups excluding carboxylic acids is 1. The van der Waals surface area contributed by atoms with Crippen LogP contribution >= 0.6 is 0 Å². The molecule has 0 amide bonds. The predicted molar refractivity (Wildman–Crippen MR) is 54.1 cm³/mol. The van der Waals surface area contributed by atoms with Crippen LogP contribution in [0.5, 0.6) is 0 Å². The van der Waals surface area contributed by atoms with E-state index in [4.69, 9.17) is 0 Å². The van der Waals surface area contributed by atoms with Crippen LogP contribution in [0.15, 0.2) is 0 Å². The highest BCUT2D eigenvalue weighted by Crippen LogP contribution is 2.50. The Bertz CT molecular complexity index is 286. The summed E-state index contributed by atoms with van der Waals surface area (Å²) in [6, 6.07) is 0. The largest absolute Gasteiger partial charge is 0.299 e. The zero-order valence-electron chi connectivity index (χ0n) is 9.19. The quantitative estimate of drug-likeness (QED) is 0.521. The molecule has 0 spiro atoms. The summed E-state index contributed by atoms with van der Waals surface area (Å²) in [6.45, 7) is 10.1. The smallest absolute Gasteiger partial charge is 0.140 e. The number of carbonyl (C=O) groups is 1. The molecule has 0 N–H and O–H groups in total. The van der Waals surface area contributed by atoms with Gasteiger partial charge in [-0.2, -0.15) is 0 Å². The second-order valence-electron chi connectivity index (χ2n) is 5.14. The Labute approximate surface area is 80.9 Å². The van der Waals surface area contributed by atoms with Crippen LogP contribution in [-0.4, -0.2) is 5.78 Å². The van der Waals surface area contributed by atoms with Gasteiger partial charge in [-0.1, -0.05) is 33.6 Å². The summed E-state index contributed by atoms with van der Waals surface area (Å²) in [5, 5.41) is 0. The first-order valence-electron chi connectivity index (χ1n) is 4.78. The number of ketones is 1. The fourth-order valence-corrected chi connectivity index (χ4v) is 2.40. The molecule has 1 nitrogen and oxygen atoms in total. The molecule has 1 rings (SSSR count). The minimum Gasteiger partial charge on any atom is -0.299 e. The molecular formula is C12H18O. The Morgan fingerprint density at radius 2 is 1.85 bits per heavy atom. The van der Waals surface area contributed by atoms with Gasteiger partial charge in [0.25, 0.3) is 0 Å². The van der Waals surface area contributed by atoms with Crippen molar-refractivity contribution in [3.8, 4) is 11.8 Å². The number of Topliss-reactive ketones (excluding diaryl/α,β-unsaturated/α-hetero) is 1. The summed E-state index contributed by atoms with van der Waals surface area (Å²) in [4.78, 5) is 11.7. The van der Waals surface area contributed by atoms with Crippen LogP contribution < -0.4 is 0 Å². The Balaban J connectivity index is 3.12. The van der Waals surface area contributed by atoms with Gasteiger partial charge in [0.15, 0.2) is 0 Å². The lowest BCUT2D eigenvalue weighted by molar-refractivity contribution is -0.124. The molecule has 1 heteroatoms. The molecule has 1 atom stereocenters. The van der Waals surface area contributed by atoms with Crippen LogP contribution in [0.25, 0.3) is 0 Å². The molecule has 0 bridgehead atoms. The molecule has 72 valence electrons. The summed E-state index contributed by atoms with van der Waals surface area (Å²) >= 11 is 0. The van der Waals surface area contributed by atoms with Crippen molar-refractivity contribution in [2.45, 2.75) is 41.0 Å². The Morgan fingerprint density at radius 1 is 1.31 bits per heavy atom. The third-order valence-electron chi connectivity index (χ3n) is 3.13. The zero-order chi connectivity index (χ0) is 10.3. The Kier molecular flexibility index (Phi) is 2.28. The molecule has 0 aromatic heterocycles. The van der Waals surface area contributed by atoms with Crippen LogP contribution in [0, 0.1) is 28.6 Å². The third-order valence-corrected chi connectivity index (χ3v) is 3.13. The van der Waals surface area contributed by atoms with Gasteiger partial charge in [0.1, 0.15) is 5.78 Å². The summed E-state index contributed by atoms with van der Waals surface area (Å²) in [5.41, 5.74) is -0.212. The average molecular weight is 178 g/mol. The van der Waals surface area contributed by atoms with E-state index in [0.29, 0.717) is 12.2 Å². The normalized spacial score (nSPS) is 29.6. The van der Waals surface area contributed by atoms with E-state index in [2.05, 4.69) is 25.7 Å². The van der Waals surface area contributed by atoms with E-state index in [9.17, 15) is 4.79 Å². The van der Waals surface area contributed by atoms with Gasteiger partial charge in [-0.3, -0.25) is 4.79 Å². The van der Waals surface area contributed by atoms with Crippen molar-refractivity contribution in [3.05, 3.63) is 0 Å². The van der Waals surface area contributed by atoms with Crippen LogP contribution in [0.3, 0.4) is 0 Å². The van der Waals surface area contributed by atoms with E-state index < -0.39 is 0 Å². The summed E-state index contributed by atoms with van der Waals surface area (Å²) in [6.07, 6.45) is 0.666. The number of rotatable bonds is 0. The van der Waals surface area contributed by atoms with E-state index >= 15 is 0 Å². The number of hydrogen-bond donors (Lipinski definition) is 0. The molecule has 13 heavy (non-hydrogen) atoms. The molecule has 0 heterocycles. The van der Waals surface area contributed by atoms with Crippen molar-refractivity contribution >= 4 is 5.78 Å². The van der Waals surface area contributed by atoms with Crippen LogP contribution in [-0.2, 0) is 4.79 Å². The van der Waals surface area contributed by atoms with Gasteiger partial charge in [0.2, 0.25) is 0 Å². The second-order valence-corrected chi connectivity index (χ2v) is 5.14. The van der Waals surface area contributed by atoms with Gasteiger partial charge in [0.05, 0.1) is 0 Å². The maximum atomic E-state index is 11.7. The number of hydrogen-bond acceptors (Lipinski definition) is 1. The van der Waals surface area contributed by atoms with Crippen LogP contribution in [0.4, 0.5) is 0 Å². The first-order chi connectivity index (χ1) is 5.82. The molecule has 0 aromatic rings. The Morgan fingerprint density at radius 3 is 2.15 bits per heavy atom. The van der Waals surface area contributed by atoms with Crippen LogP contribution in [0.1, 0.15) is 41.0 Å². The van der Waals surface area contributed by atoms with E-state index in [-0.39, 0.29) is 16.7 Å². The van der Waals surface area contributed by atoms with E-state index in [0.717, 1.165) is 0 Å². The minimum absolute atomic E-state index is 0.0452. The molecule has 1 saturated carbocycles. The molecule has 1 aliphatic carbocycles. The molecule has 1 aliphatic rings. The second kappa shape index (κ2) is 2.87. The molecule has 0 aromatic carbocycles. The molecule has 0 aliphatic heterocycles. The fourth-order valence-electron chi connectivity index (χ4n) is 2.40. The molecular weight excluding hydrogens is 160 g/mol. The lowest BCUT2D eigenvalue weighted by Gasteiger charge is -2.29. The van der Waals surface area contributed by atoms with Gasteiger partial charge in [-0.05, 0) is 12.3 Å². The first kappa shape index (κ1) is 10.3. The van der Waals surface area contributed by atoms with E-state index in [1.165, 1.54) is 0 Å². The summed E-state index contributed by atoms with van der Waals surface area (Å²) in [7, 11) is 0. The van der Waals surface area contributed by atoms with Gasteiger partial charge in [-0.15, -0.1) is 5.92 Å². The highest BCUT2D eigenvalue weighted by atomic mass is 16.1. The highest BCUT2D eigenvalue weighted by Gasteiger charge is 2.52. The van der Waals surface area contributed by atoms with Gasteiger partial charge >= 0.3 is 0 Å². The van der Waals surface area contributed by atoms with Crippen molar-refractivity contribution in [2.75, 3.05) is 0 Å². The van der Waals surface area contributed by atoms with Crippen molar-refractivity contribution in [3.63, 3.8) is 0 Å². The van der Waals surface area contributed by atoms with Crippen molar-refractivity contribution in [1.82, 2.24) is 0 Å². The summed E-state index contributed by atoms with van der Waals surface area (Å²) < 4.78 is 0. The third kappa shape index (κ3) is 1.50. The van der Waals surface area contributed by atoms with Crippen molar-refractivity contribution < 1.29 is 4.79 Å². The minimum atomic E-state index is -0.257. The van der Waals surface area contributed by atoms with Crippen molar-refractivity contribution in [2.24, 2.45) is 16.7 Å². The Hall–Kier alpha value is -0.770. The van der Waals surface area contributed by atoms with Gasteiger partial charge in [-0.25, -0.2) is 0 Å². The molecule has 0 saturated heterocycles. The van der Waals surface area contributed by atoms with Crippen LogP contribution in [0.2, 0.25) is 0 Å². The molecule has 1 fully saturated rings. The summed E-state index contributed by atoms with van der Waals surface area (Å²) in [5.74, 6) is 6.68. The fraction of sp³-hybridized carbons (Fsp3) is 0.750. The average Bonchev–Trinajstić information content (AvgIpc) is 2.10. The monoisotopic (exact) mass is 178 g/mol. The first-order valence-corrected chi connectivity index (χ1v) is 4.78. The molecule has 1 unspecified atom stereocenters. The lowest BCUT2D eigenvalue weighted by atomic mass is 9.73. The van der Waals surface area contributed by atoms with Crippen molar-refractivity contribution in [1.29, 1.82) is 0 Å². The van der Waals surface area contributed by atoms with Gasteiger partial charge in [0, 0.05) is 17.8 Å². The topological polar surface area (TPSA) is 17.1 Å². The highest BCUT2D eigenvalue weighted by molar-refractivity contribution is 5.88. The lowest BCUT2D eigenvalue weighted by Crippen LogP contribution is -2.28. The maximum absolute atomic E-state index is 11.7. The standard InChI is InChI=1S/C12H18O/c1-6-7-9-11(2,3)8-10(13)12(9,4)5/h9H,8H2,1-5H3. The van der Waals surface area contributed by atoms with E-state index in [1.54, 1.807) is 0 Å². The van der Waals surface area contributed by atoms with E-state index in [1.807, 2.05) is 20.8 Å². The molecule has 0 radical (unpaired) electrons. The SMILES string of the molecule is CC#CC1C(C)(C)CC(=O)C1(C)C. The maximum Gasteiger partial charge on any atom is 0.140 e. The zero-order valence-corrected chi connectivity index (χ0v) is 9.19.